The van der Waals surface area contributed by atoms with E-state index in [1.54, 1.807) is 6.26 Å². The van der Waals surface area contributed by atoms with Crippen LogP contribution < -0.4 is 4.89 Å². The van der Waals surface area contributed by atoms with Crippen molar-refractivity contribution in [3.8, 4) is 0 Å². The third-order valence-electron chi connectivity index (χ3n) is 9.53. The Kier molecular flexibility index (Phi) is 32.5. The van der Waals surface area contributed by atoms with E-state index in [-0.39, 0.29) is 26.2 Å². The minimum atomic E-state index is -4.56. The van der Waals surface area contributed by atoms with E-state index in [0.29, 0.717) is 29.7 Å². The standard InChI is InChI=1S/C46H82NO8P/c1-6-8-10-11-12-13-14-15-16-17-18-21-24-27-30-34-39-51-41-43(42-53-56(49,50)52-40-38-47(3,4)5)54-46(48)37-33-29-26-23-20-19-22-25-28-32-36-45-44(55-45)35-31-9-7-2/h13-14,19,22-23,26,28,32,34,39,43-45H,6-12,15-18,20-21,24-25,27,29-31,33,35-38,40-42H2,1-5H3/b14-13-,22-19-,26-23-,32-28-,39-34+/t43-,44?,45?/m1/s1. The minimum Gasteiger partial charge on any atom is -0.756 e. The fourth-order valence-corrected chi connectivity index (χ4v) is 6.67. The maximum atomic E-state index is 12.7. The van der Waals surface area contributed by atoms with Gasteiger partial charge in [0, 0.05) is 6.42 Å². The number of carbonyl (C=O) groups is 1. The quantitative estimate of drug-likeness (QED) is 0.0115. The first-order valence-electron chi connectivity index (χ1n) is 22.2. The lowest BCUT2D eigenvalue weighted by Crippen LogP contribution is -2.37. The van der Waals surface area contributed by atoms with Gasteiger partial charge in [-0.2, -0.15) is 0 Å². The Labute approximate surface area is 343 Å². The van der Waals surface area contributed by atoms with Gasteiger partial charge in [-0.3, -0.25) is 9.36 Å². The maximum Gasteiger partial charge on any atom is 0.306 e. The van der Waals surface area contributed by atoms with E-state index in [4.69, 9.17) is 23.3 Å². The summed E-state index contributed by atoms with van der Waals surface area (Å²) in [5.41, 5.74) is 0. The first kappa shape index (κ1) is 52.0. The normalized spacial score (nSPS) is 17.9. The number of epoxide rings is 1. The summed E-state index contributed by atoms with van der Waals surface area (Å²) in [5, 5.41) is 0. The molecule has 3 unspecified atom stereocenters. The Balaban J connectivity index is 2.29. The molecule has 1 aliphatic rings. The summed E-state index contributed by atoms with van der Waals surface area (Å²) in [6, 6.07) is 0. The molecule has 1 aliphatic heterocycles. The zero-order chi connectivity index (χ0) is 41.0. The van der Waals surface area contributed by atoms with Gasteiger partial charge in [-0.05, 0) is 83.1 Å². The lowest BCUT2D eigenvalue weighted by atomic mass is 10.1. The van der Waals surface area contributed by atoms with Crippen LogP contribution >= 0.6 is 7.82 Å². The summed E-state index contributed by atoms with van der Waals surface area (Å²) in [7, 11) is 1.27. The average Bonchev–Trinajstić information content (AvgIpc) is 3.90. The van der Waals surface area contributed by atoms with Gasteiger partial charge in [-0.15, -0.1) is 0 Å². The predicted molar refractivity (Wildman–Crippen MR) is 230 cm³/mol. The second-order valence-corrected chi connectivity index (χ2v) is 17.6. The van der Waals surface area contributed by atoms with Gasteiger partial charge in [-0.25, -0.2) is 0 Å². The average molecular weight is 808 g/mol. The number of ether oxygens (including phenoxy) is 3. The number of quaternary nitrogens is 1. The predicted octanol–water partition coefficient (Wildman–Crippen LogP) is 11.6. The van der Waals surface area contributed by atoms with Crippen molar-refractivity contribution in [2.24, 2.45) is 0 Å². The minimum absolute atomic E-state index is 0.000791. The summed E-state index contributed by atoms with van der Waals surface area (Å²) in [4.78, 5) is 25.0. The molecule has 1 heterocycles. The molecule has 0 aromatic carbocycles. The first-order chi connectivity index (χ1) is 27.1. The summed E-state index contributed by atoms with van der Waals surface area (Å²) in [6.07, 6.45) is 46.5. The molecular formula is C46H82NO8P. The van der Waals surface area contributed by atoms with Gasteiger partial charge in [0.15, 0.2) is 6.10 Å². The number of nitrogens with zero attached hydrogens (tertiary/aromatic N) is 1. The van der Waals surface area contributed by atoms with Gasteiger partial charge in [-0.1, -0.05) is 127 Å². The Morgan fingerprint density at radius 2 is 1.23 bits per heavy atom. The van der Waals surface area contributed by atoms with Crippen molar-refractivity contribution in [1.82, 2.24) is 0 Å². The van der Waals surface area contributed by atoms with Crippen LogP contribution in [0.3, 0.4) is 0 Å². The Morgan fingerprint density at radius 3 is 1.89 bits per heavy atom. The van der Waals surface area contributed by atoms with Crippen molar-refractivity contribution < 1.29 is 42.0 Å². The van der Waals surface area contributed by atoms with E-state index in [1.807, 2.05) is 27.2 Å². The molecule has 0 aromatic rings. The summed E-state index contributed by atoms with van der Waals surface area (Å²) < 4.78 is 40.0. The number of hydrogen-bond acceptors (Lipinski definition) is 8. The van der Waals surface area contributed by atoms with Gasteiger partial charge in [0.1, 0.15) is 19.8 Å². The molecule has 1 rings (SSSR count). The molecule has 0 bridgehead atoms. The zero-order valence-corrected chi connectivity index (χ0v) is 37.2. The summed E-state index contributed by atoms with van der Waals surface area (Å²) in [6.45, 7) is 4.60. The number of carbonyl (C=O) groups excluding carboxylic acids is 1. The molecule has 9 nitrogen and oxygen atoms in total. The fraction of sp³-hybridized carbons (Fsp3) is 0.761. The van der Waals surface area contributed by atoms with E-state index in [1.165, 1.54) is 96.3 Å². The molecule has 0 saturated carbocycles. The van der Waals surface area contributed by atoms with E-state index in [2.05, 4.69) is 62.5 Å². The molecule has 1 fully saturated rings. The molecule has 10 heteroatoms. The highest BCUT2D eigenvalue weighted by molar-refractivity contribution is 7.45. The lowest BCUT2D eigenvalue weighted by Gasteiger charge is -2.28. The molecular weight excluding hydrogens is 725 g/mol. The van der Waals surface area contributed by atoms with Crippen LogP contribution in [-0.2, 0) is 32.6 Å². The van der Waals surface area contributed by atoms with Crippen LogP contribution in [0.4, 0.5) is 0 Å². The molecule has 4 atom stereocenters. The fourth-order valence-electron chi connectivity index (χ4n) is 5.94. The zero-order valence-electron chi connectivity index (χ0n) is 36.3. The number of allylic oxidation sites excluding steroid dienone is 8. The van der Waals surface area contributed by atoms with Crippen molar-refractivity contribution in [1.29, 1.82) is 0 Å². The number of phosphoric ester groups is 1. The van der Waals surface area contributed by atoms with Crippen molar-refractivity contribution in [3.05, 3.63) is 60.9 Å². The highest BCUT2D eigenvalue weighted by atomic mass is 31.2. The Bertz CT molecular complexity index is 1140. The largest absolute Gasteiger partial charge is 0.756 e. The van der Waals surface area contributed by atoms with E-state index in [0.717, 1.165) is 38.5 Å². The number of phosphoric acid groups is 1. The van der Waals surface area contributed by atoms with Crippen LogP contribution in [0.15, 0.2) is 60.9 Å². The van der Waals surface area contributed by atoms with Crippen LogP contribution in [0.25, 0.3) is 0 Å². The monoisotopic (exact) mass is 808 g/mol. The van der Waals surface area contributed by atoms with E-state index >= 15 is 0 Å². The highest BCUT2D eigenvalue weighted by Crippen LogP contribution is 2.38. The molecule has 0 aliphatic carbocycles. The molecule has 324 valence electrons. The van der Waals surface area contributed by atoms with Crippen molar-refractivity contribution in [3.63, 3.8) is 0 Å². The van der Waals surface area contributed by atoms with Gasteiger partial charge in [0.05, 0.1) is 46.2 Å². The Morgan fingerprint density at radius 1 is 0.679 bits per heavy atom. The summed E-state index contributed by atoms with van der Waals surface area (Å²) >= 11 is 0. The third-order valence-corrected chi connectivity index (χ3v) is 10.5. The molecule has 1 saturated heterocycles. The van der Waals surface area contributed by atoms with Crippen LogP contribution in [0.2, 0.25) is 0 Å². The van der Waals surface area contributed by atoms with Gasteiger partial charge < -0.3 is 32.6 Å². The molecule has 0 radical (unpaired) electrons. The second kappa shape index (κ2) is 35.0. The van der Waals surface area contributed by atoms with Gasteiger partial charge in [0.2, 0.25) is 0 Å². The lowest BCUT2D eigenvalue weighted by molar-refractivity contribution is -0.870. The number of rotatable bonds is 39. The maximum absolute atomic E-state index is 12.7. The molecule has 56 heavy (non-hydrogen) atoms. The van der Waals surface area contributed by atoms with Crippen LogP contribution in [-0.4, -0.2) is 76.3 Å². The highest BCUT2D eigenvalue weighted by Gasteiger charge is 2.36. The topological polar surface area (TPSA) is 107 Å². The van der Waals surface area contributed by atoms with Crippen LogP contribution in [0.5, 0.6) is 0 Å². The van der Waals surface area contributed by atoms with Crippen LogP contribution in [0.1, 0.15) is 162 Å². The van der Waals surface area contributed by atoms with Crippen molar-refractivity contribution in [2.45, 2.75) is 180 Å². The van der Waals surface area contributed by atoms with Gasteiger partial charge >= 0.3 is 5.97 Å². The second-order valence-electron chi connectivity index (χ2n) is 16.1. The first-order valence-corrected chi connectivity index (χ1v) is 23.6. The van der Waals surface area contributed by atoms with Crippen molar-refractivity contribution in [2.75, 3.05) is 47.5 Å². The summed E-state index contributed by atoms with van der Waals surface area (Å²) in [5.74, 6) is -0.416. The number of likely N-dealkylation sites (N-methyl/N-ethyl adjacent to an activating group) is 1. The Hall–Kier alpha value is -2.00. The van der Waals surface area contributed by atoms with E-state index < -0.39 is 19.9 Å². The van der Waals surface area contributed by atoms with Gasteiger partial charge in [0.25, 0.3) is 7.82 Å². The molecule has 0 aromatic heterocycles. The van der Waals surface area contributed by atoms with Crippen molar-refractivity contribution >= 4 is 13.8 Å². The third kappa shape index (κ3) is 35.2. The molecule has 0 N–H and O–H groups in total. The number of hydrogen-bond donors (Lipinski definition) is 0. The number of esters is 1. The number of unbranched alkanes of at least 4 members (excludes halogenated alkanes) is 14. The molecule has 0 amide bonds. The van der Waals surface area contributed by atoms with E-state index in [9.17, 15) is 14.3 Å². The smallest absolute Gasteiger partial charge is 0.306 e. The SMILES string of the molecule is CCCCCC/C=C\CCCCCCCC/C=C/OC[C@H](COP(=O)([O-])OCC[N+](C)(C)C)OC(=O)CCC/C=C\C/C=C\C/C=C\CC1OC1CCCCC. The molecule has 0 spiro atoms. The van der Waals surface area contributed by atoms with Crippen LogP contribution in [0, 0.1) is 0 Å².